The number of aliphatic hydroxyl groups is 1. The predicted octanol–water partition coefficient (Wildman–Crippen LogP) is 1.42. The van der Waals surface area contributed by atoms with Crippen molar-refractivity contribution in [1.29, 1.82) is 0 Å². The largest absolute Gasteiger partial charge is 0.393 e. The van der Waals surface area contributed by atoms with E-state index in [-0.39, 0.29) is 18.8 Å². The summed E-state index contributed by atoms with van der Waals surface area (Å²) in [6.07, 6.45) is 8.45. The second-order valence-electron chi connectivity index (χ2n) is 5.39. The van der Waals surface area contributed by atoms with Crippen molar-refractivity contribution in [2.75, 3.05) is 0 Å². The van der Waals surface area contributed by atoms with Gasteiger partial charge in [-0.05, 0) is 12.8 Å². The summed E-state index contributed by atoms with van der Waals surface area (Å²) in [6, 6.07) is 0. The van der Waals surface area contributed by atoms with Gasteiger partial charge in [0.25, 0.3) is 0 Å². The number of hydrogen-bond donors (Lipinski definition) is 1. The summed E-state index contributed by atoms with van der Waals surface area (Å²) in [5.74, 6) is -2.62. The molecule has 23 heavy (non-hydrogen) atoms. The fourth-order valence-electron chi connectivity index (χ4n) is 2.05. The van der Waals surface area contributed by atoms with Gasteiger partial charge in [0, 0.05) is 0 Å². The monoisotopic (exact) mass is 326 g/mol. The van der Waals surface area contributed by atoms with Crippen LogP contribution in [-0.4, -0.2) is 35.1 Å². The molecule has 2 fully saturated rings. The van der Waals surface area contributed by atoms with E-state index in [1.54, 1.807) is 6.08 Å². The highest BCUT2D eigenvalue weighted by molar-refractivity contribution is 5.96. The predicted molar refractivity (Wildman–Crippen MR) is 78.8 cm³/mol. The molecule has 0 radical (unpaired) electrons. The van der Waals surface area contributed by atoms with Crippen LogP contribution in [0, 0.1) is 5.92 Å². The minimum Gasteiger partial charge on any atom is -0.393 e. The number of hydrogen-bond acceptors (Lipinski definition) is 7. The van der Waals surface area contributed by atoms with Gasteiger partial charge in [-0.1, -0.05) is 38.3 Å². The Kier molecular flexibility index (Phi) is 8.18. The Labute approximate surface area is 134 Å². The second-order valence-corrected chi connectivity index (χ2v) is 5.39. The Morgan fingerprint density at radius 3 is 2.09 bits per heavy atom. The molecule has 128 valence electrons. The molecule has 2 rings (SSSR count). The molecule has 2 heterocycles. The molecule has 2 saturated heterocycles. The number of esters is 4. The van der Waals surface area contributed by atoms with Crippen molar-refractivity contribution < 1.29 is 33.8 Å². The maximum absolute atomic E-state index is 11.1. The minimum absolute atomic E-state index is 0.196. The van der Waals surface area contributed by atoms with Crippen LogP contribution in [0.1, 0.15) is 51.9 Å². The number of ether oxygens (including phenoxy) is 2. The van der Waals surface area contributed by atoms with Crippen LogP contribution in [0.2, 0.25) is 0 Å². The van der Waals surface area contributed by atoms with Crippen molar-refractivity contribution >= 4 is 23.9 Å². The number of carbonyl (C=O) groups excluding carboxylic acids is 4. The normalized spacial score (nSPS) is 23.7. The molecular weight excluding hydrogens is 304 g/mol. The summed E-state index contributed by atoms with van der Waals surface area (Å²) in [6.45, 7) is 2.18. The number of rotatable bonds is 6. The van der Waals surface area contributed by atoms with Crippen LogP contribution in [0.5, 0.6) is 0 Å². The topological polar surface area (TPSA) is 107 Å². The molecule has 2 atom stereocenters. The average molecular weight is 326 g/mol. The first-order chi connectivity index (χ1) is 10.9. The molecule has 2 aliphatic heterocycles. The fraction of sp³-hybridized carbons (Fsp3) is 0.625. The van der Waals surface area contributed by atoms with Gasteiger partial charge in [-0.3, -0.25) is 14.4 Å². The Hall–Kier alpha value is -2.02. The first-order valence-electron chi connectivity index (χ1n) is 7.77. The summed E-state index contributed by atoms with van der Waals surface area (Å²) in [5, 5.41) is 8.47. The van der Waals surface area contributed by atoms with Crippen LogP contribution < -0.4 is 0 Å². The van der Waals surface area contributed by atoms with E-state index in [9.17, 15) is 19.2 Å². The quantitative estimate of drug-likeness (QED) is 0.340. The summed E-state index contributed by atoms with van der Waals surface area (Å²) in [7, 11) is 0. The van der Waals surface area contributed by atoms with Gasteiger partial charge in [0.15, 0.2) is 6.10 Å². The molecule has 0 spiro atoms. The highest BCUT2D eigenvalue weighted by atomic mass is 16.6. The molecule has 7 nitrogen and oxygen atoms in total. The number of carbonyl (C=O) groups is 4. The first kappa shape index (κ1) is 19.0. The van der Waals surface area contributed by atoms with Gasteiger partial charge in [-0.25, -0.2) is 4.79 Å². The van der Waals surface area contributed by atoms with E-state index in [1.807, 2.05) is 6.08 Å². The highest BCUT2D eigenvalue weighted by Gasteiger charge is 2.31. The van der Waals surface area contributed by atoms with Crippen molar-refractivity contribution in [3.8, 4) is 0 Å². The molecule has 0 bridgehead atoms. The van der Waals surface area contributed by atoms with Crippen molar-refractivity contribution in [2.24, 2.45) is 5.92 Å². The van der Waals surface area contributed by atoms with Gasteiger partial charge in [0.1, 0.15) is 0 Å². The summed E-state index contributed by atoms with van der Waals surface area (Å²) in [5.41, 5.74) is 0. The van der Waals surface area contributed by atoms with E-state index in [2.05, 4.69) is 16.4 Å². The Balaban J connectivity index is 0.000000277. The van der Waals surface area contributed by atoms with Crippen molar-refractivity contribution in [2.45, 2.75) is 58.0 Å². The van der Waals surface area contributed by atoms with E-state index in [0.29, 0.717) is 0 Å². The molecule has 0 aliphatic carbocycles. The van der Waals surface area contributed by atoms with Gasteiger partial charge in [0.05, 0.1) is 18.8 Å². The third-order valence-corrected chi connectivity index (χ3v) is 3.34. The van der Waals surface area contributed by atoms with Crippen LogP contribution in [0.25, 0.3) is 0 Å². The molecule has 1 N–H and O–H groups in total. The highest BCUT2D eigenvalue weighted by Crippen LogP contribution is 2.17. The lowest BCUT2D eigenvalue weighted by Crippen LogP contribution is -2.11. The summed E-state index contributed by atoms with van der Waals surface area (Å²) in [4.78, 5) is 42.0. The van der Waals surface area contributed by atoms with E-state index < -0.39 is 30.0 Å². The standard InChI is InChI=1S/C12H18O3.C4H4O4/c1-2-3-4-5-6-7-8-10-9-11(13)15-12(10)14;5-2-1-3(6)8-4(2)7/h7-8,10H,2-6,9H2,1H3;2,5H,1H2. The van der Waals surface area contributed by atoms with Crippen LogP contribution in [0.4, 0.5) is 0 Å². The Bertz CT molecular complexity index is 481. The lowest BCUT2D eigenvalue weighted by molar-refractivity contribution is -0.155. The van der Waals surface area contributed by atoms with E-state index >= 15 is 0 Å². The van der Waals surface area contributed by atoms with E-state index in [0.717, 1.165) is 12.8 Å². The first-order valence-corrected chi connectivity index (χ1v) is 7.77. The zero-order valence-corrected chi connectivity index (χ0v) is 13.2. The van der Waals surface area contributed by atoms with Gasteiger partial charge >= 0.3 is 23.9 Å². The minimum atomic E-state index is -1.22. The zero-order valence-electron chi connectivity index (χ0n) is 13.2. The lowest BCUT2D eigenvalue weighted by Gasteiger charge is -1.96. The Morgan fingerprint density at radius 1 is 1.00 bits per heavy atom. The average Bonchev–Trinajstić information content (AvgIpc) is 2.95. The zero-order chi connectivity index (χ0) is 17.2. The third kappa shape index (κ3) is 7.19. The van der Waals surface area contributed by atoms with Crippen molar-refractivity contribution in [1.82, 2.24) is 0 Å². The number of unbranched alkanes of at least 4 members (excludes halogenated alkanes) is 4. The molecule has 2 aliphatic rings. The molecule has 0 aromatic carbocycles. The maximum Gasteiger partial charge on any atom is 0.343 e. The van der Waals surface area contributed by atoms with Gasteiger partial charge in [-0.15, -0.1) is 0 Å². The van der Waals surface area contributed by atoms with Crippen LogP contribution in [0.3, 0.4) is 0 Å². The van der Waals surface area contributed by atoms with E-state index in [4.69, 9.17) is 5.11 Å². The van der Waals surface area contributed by atoms with Crippen molar-refractivity contribution in [3.63, 3.8) is 0 Å². The maximum atomic E-state index is 11.1. The molecule has 2 unspecified atom stereocenters. The fourth-order valence-corrected chi connectivity index (χ4v) is 2.05. The van der Waals surface area contributed by atoms with Gasteiger partial charge < -0.3 is 14.6 Å². The van der Waals surface area contributed by atoms with Crippen LogP contribution >= 0.6 is 0 Å². The van der Waals surface area contributed by atoms with Crippen molar-refractivity contribution in [3.05, 3.63) is 12.2 Å². The van der Waals surface area contributed by atoms with E-state index in [1.165, 1.54) is 19.3 Å². The van der Waals surface area contributed by atoms with Crippen LogP contribution in [-0.2, 0) is 28.7 Å². The SMILES string of the molecule is CCCCCCC=CC1CC(=O)OC1=O.O=C1CC(O)C(=O)O1. The molecule has 7 heteroatoms. The molecule has 0 aromatic heterocycles. The summed E-state index contributed by atoms with van der Waals surface area (Å²) >= 11 is 0. The molecule has 0 aromatic rings. The van der Waals surface area contributed by atoms with Gasteiger partial charge in [0.2, 0.25) is 0 Å². The molecule has 0 saturated carbocycles. The molecular formula is C16H22O7. The number of allylic oxidation sites excluding steroid dienone is 1. The third-order valence-electron chi connectivity index (χ3n) is 3.34. The summed E-state index contributed by atoms with van der Waals surface area (Å²) < 4.78 is 8.39. The number of cyclic esters (lactones) is 4. The Morgan fingerprint density at radius 2 is 1.65 bits per heavy atom. The van der Waals surface area contributed by atoms with Crippen LogP contribution in [0.15, 0.2) is 12.2 Å². The second kappa shape index (κ2) is 9.89. The van der Waals surface area contributed by atoms with Gasteiger partial charge in [-0.2, -0.15) is 0 Å². The smallest absolute Gasteiger partial charge is 0.343 e. The number of aliphatic hydroxyl groups excluding tert-OH is 1. The lowest BCUT2D eigenvalue weighted by atomic mass is 10.1. The molecule has 0 amide bonds.